The highest BCUT2D eigenvalue weighted by Crippen LogP contribution is 2.28. The van der Waals surface area contributed by atoms with Gasteiger partial charge in [0.15, 0.2) is 11.5 Å². The third kappa shape index (κ3) is 5.74. The molecule has 0 bridgehead atoms. The predicted molar refractivity (Wildman–Crippen MR) is 122 cm³/mol. The van der Waals surface area contributed by atoms with Gasteiger partial charge in [-0.1, -0.05) is 12.1 Å². The SMILES string of the molecule is CCOc1ccccc1C(=O)NCC(=O)N1CCN(C(=O)c2ccc(OC)c(OC)c2)CC1. The Morgan fingerprint density at radius 1 is 0.879 bits per heavy atom. The van der Waals surface area contributed by atoms with E-state index in [0.717, 1.165) is 0 Å². The largest absolute Gasteiger partial charge is 0.493 e. The topological polar surface area (TPSA) is 97.4 Å². The van der Waals surface area contributed by atoms with Gasteiger partial charge in [0.05, 0.1) is 32.9 Å². The van der Waals surface area contributed by atoms with E-state index in [0.29, 0.717) is 61.2 Å². The molecule has 1 aliphatic heterocycles. The Hall–Kier alpha value is -3.75. The zero-order valence-electron chi connectivity index (χ0n) is 19.1. The molecule has 0 spiro atoms. The van der Waals surface area contributed by atoms with Gasteiger partial charge in [-0.3, -0.25) is 14.4 Å². The van der Waals surface area contributed by atoms with Gasteiger partial charge >= 0.3 is 0 Å². The van der Waals surface area contributed by atoms with Crippen molar-refractivity contribution in [2.24, 2.45) is 0 Å². The van der Waals surface area contributed by atoms with Crippen molar-refractivity contribution in [2.75, 3.05) is 53.6 Å². The van der Waals surface area contributed by atoms with Crippen LogP contribution < -0.4 is 19.5 Å². The lowest BCUT2D eigenvalue weighted by atomic mass is 10.1. The van der Waals surface area contributed by atoms with Gasteiger partial charge in [-0.05, 0) is 37.3 Å². The van der Waals surface area contributed by atoms with E-state index < -0.39 is 0 Å². The number of carbonyl (C=O) groups is 3. The molecule has 2 aromatic carbocycles. The molecule has 33 heavy (non-hydrogen) atoms. The number of amides is 3. The maximum absolute atomic E-state index is 12.9. The molecule has 1 fully saturated rings. The summed E-state index contributed by atoms with van der Waals surface area (Å²) in [5.41, 5.74) is 0.880. The number of methoxy groups -OCH3 is 2. The highest BCUT2D eigenvalue weighted by atomic mass is 16.5. The Kier molecular flexibility index (Phi) is 8.12. The molecule has 1 saturated heterocycles. The summed E-state index contributed by atoms with van der Waals surface area (Å²) in [5, 5.41) is 2.66. The van der Waals surface area contributed by atoms with Gasteiger partial charge in [0, 0.05) is 31.7 Å². The van der Waals surface area contributed by atoms with E-state index in [-0.39, 0.29) is 24.3 Å². The molecule has 9 nitrogen and oxygen atoms in total. The number of nitrogens with one attached hydrogen (secondary N) is 1. The summed E-state index contributed by atoms with van der Waals surface area (Å²) in [4.78, 5) is 41.3. The summed E-state index contributed by atoms with van der Waals surface area (Å²) in [6.07, 6.45) is 0. The third-order valence-electron chi connectivity index (χ3n) is 5.38. The molecule has 0 atom stereocenters. The molecule has 0 aliphatic carbocycles. The minimum atomic E-state index is -0.366. The maximum atomic E-state index is 12.9. The van der Waals surface area contributed by atoms with Crippen LogP contribution in [-0.4, -0.2) is 81.1 Å². The number of benzene rings is 2. The first-order valence-electron chi connectivity index (χ1n) is 10.8. The van der Waals surface area contributed by atoms with Crippen LogP contribution in [-0.2, 0) is 4.79 Å². The minimum absolute atomic E-state index is 0.122. The number of hydrogen-bond donors (Lipinski definition) is 1. The third-order valence-corrected chi connectivity index (χ3v) is 5.38. The second kappa shape index (κ2) is 11.2. The van der Waals surface area contributed by atoms with Crippen molar-refractivity contribution in [3.8, 4) is 17.2 Å². The van der Waals surface area contributed by atoms with E-state index >= 15 is 0 Å². The van der Waals surface area contributed by atoms with Gasteiger partial charge in [0.2, 0.25) is 5.91 Å². The van der Waals surface area contributed by atoms with Crippen LogP contribution >= 0.6 is 0 Å². The van der Waals surface area contributed by atoms with E-state index in [9.17, 15) is 14.4 Å². The first kappa shape index (κ1) is 23.9. The normalized spacial score (nSPS) is 13.3. The van der Waals surface area contributed by atoms with Crippen LogP contribution in [0.1, 0.15) is 27.6 Å². The molecule has 176 valence electrons. The quantitative estimate of drug-likeness (QED) is 0.652. The number of rotatable bonds is 8. The van der Waals surface area contributed by atoms with Crippen LogP contribution in [0.2, 0.25) is 0 Å². The molecule has 0 unspecified atom stereocenters. The van der Waals surface area contributed by atoms with E-state index in [4.69, 9.17) is 14.2 Å². The van der Waals surface area contributed by atoms with Crippen molar-refractivity contribution >= 4 is 17.7 Å². The molecule has 3 rings (SSSR count). The molecule has 1 N–H and O–H groups in total. The number of para-hydroxylation sites is 1. The molecule has 0 aromatic heterocycles. The molecule has 0 saturated carbocycles. The average Bonchev–Trinajstić information content (AvgIpc) is 2.86. The van der Waals surface area contributed by atoms with Gasteiger partial charge in [0.25, 0.3) is 11.8 Å². The van der Waals surface area contributed by atoms with Crippen LogP contribution in [0.5, 0.6) is 17.2 Å². The summed E-state index contributed by atoms with van der Waals surface area (Å²) >= 11 is 0. The Morgan fingerprint density at radius 2 is 1.55 bits per heavy atom. The van der Waals surface area contributed by atoms with Gasteiger partial charge < -0.3 is 29.3 Å². The first-order chi connectivity index (χ1) is 16.0. The van der Waals surface area contributed by atoms with Crippen molar-refractivity contribution in [3.05, 3.63) is 53.6 Å². The van der Waals surface area contributed by atoms with Crippen LogP contribution in [0.25, 0.3) is 0 Å². The van der Waals surface area contributed by atoms with Crippen molar-refractivity contribution in [1.82, 2.24) is 15.1 Å². The average molecular weight is 456 g/mol. The minimum Gasteiger partial charge on any atom is -0.493 e. The Morgan fingerprint density at radius 3 is 2.21 bits per heavy atom. The molecule has 1 aliphatic rings. The summed E-state index contributed by atoms with van der Waals surface area (Å²) in [5.74, 6) is 0.815. The fraction of sp³-hybridized carbons (Fsp3) is 0.375. The zero-order chi connectivity index (χ0) is 23.8. The lowest BCUT2D eigenvalue weighted by Gasteiger charge is -2.35. The van der Waals surface area contributed by atoms with Crippen LogP contribution in [0, 0.1) is 0 Å². The number of piperazine rings is 1. The Labute approximate surface area is 193 Å². The standard InChI is InChI=1S/C24H29N3O6/c1-4-33-19-8-6-5-7-18(19)23(29)25-16-22(28)26-11-13-27(14-12-26)24(30)17-9-10-20(31-2)21(15-17)32-3/h5-10,15H,4,11-14,16H2,1-3H3,(H,25,29). The Balaban J connectivity index is 1.52. The predicted octanol–water partition coefficient (Wildman–Crippen LogP) is 1.82. The zero-order valence-corrected chi connectivity index (χ0v) is 19.1. The number of carbonyl (C=O) groups excluding carboxylic acids is 3. The van der Waals surface area contributed by atoms with E-state index in [1.54, 1.807) is 52.3 Å². The number of nitrogens with zero attached hydrogens (tertiary/aromatic N) is 2. The summed E-state index contributed by atoms with van der Waals surface area (Å²) in [6.45, 7) is 3.75. The molecule has 0 radical (unpaired) electrons. The Bertz CT molecular complexity index is 1000. The van der Waals surface area contributed by atoms with Crippen LogP contribution in [0.4, 0.5) is 0 Å². The number of hydrogen-bond acceptors (Lipinski definition) is 6. The van der Waals surface area contributed by atoms with Crippen molar-refractivity contribution < 1.29 is 28.6 Å². The fourth-order valence-corrected chi connectivity index (χ4v) is 3.61. The molecule has 3 amide bonds. The molecule has 9 heteroatoms. The maximum Gasteiger partial charge on any atom is 0.255 e. The highest BCUT2D eigenvalue weighted by Gasteiger charge is 2.26. The van der Waals surface area contributed by atoms with Gasteiger partial charge in [-0.25, -0.2) is 0 Å². The molecule has 2 aromatic rings. The van der Waals surface area contributed by atoms with Gasteiger partial charge in [0.1, 0.15) is 5.75 Å². The highest BCUT2D eigenvalue weighted by molar-refractivity contribution is 5.99. The monoisotopic (exact) mass is 455 g/mol. The fourth-order valence-electron chi connectivity index (χ4n) is 3.61. The van der Waals surface area contributed by atoms with Crippen molar-refractivity contribution in [3.63, 3.8) is 0 Å². The second-order valence-electron chi connectivity index (χ2n) is 7.35. The van der Waals surface area contributed by atoms with Crippen molar-refractivity contribution in [2.45, 2.75) is 6.92 Å². The summed E-state index contributed by atoms with van der Waals surface area (Å²) in [7, 11) is 3.06. The molecular formula is C24H29N3O6. The smallest absolute Gasteiger partial charge is 0.255 e. The van der Waals surface area contributed by atoms with Crippen molar-refractivity contribution in [1.29, 1.82) is 0 Å². The van der Waals surface area contributed by atoms with E-state index in [1.165, 1.54) is 14.2 Å². The van der Waals surface area contributed by atoms with E-state index in [1.807, 2.05) is 6.92 Å². The second-order valence-corrected chi connectivity index (χ2v) is 7.35. The molecule has 1 heterocycles. The lowest BCUT2D eigenvalue weighted by Crippen LogP contribution is -2.52. The first-order valence-corrected chi connectivity index (χ1v) is 10.8. The van der Waals surface area contributed by atoms with Gasteiger partial charge in [-0.2, -0.15) is 0 Å². The van der Waals surface area contributed by atoms with Crippen LogP contribution in [0.3, 0.4) is 0 Å². The van der Waals surface area contributed by atoms with Gasteiger partial charge in [-0.15, -0.1) is 0 Å². The number of ether oxygens (including phenoxy) is 3. The lowest BCUT2D eigenvalue weighted by molar-refractivity contribution is -0.131. The summed E-state index contributed by atoms with van der Waals surface area (Å²) < 4.78 is 16.0. The van der Waals surface area contributed by atoms with Crippen LogP contribution in [0.15, 0.2) is 42.5 Å². The van der Waals surface area contributed by atoms with E-state index in [2.05, 4.69) is 5.32 Å². The molecular weight excluding hydrogens is 426 g/mol. The summed E-state index contributed by atoms with van der Waals surface area (Å²) in [6, 6.07) is 11.9.